The van der Waals surface area contributed by atoms with E-state index in [1.807, 2.05) is 30.1 Å². The van der Waals surface area contributed by atoms with Gasteiger partial charge in [-0.05, 0) is 12.1 Å². The number of rotatable bonds is 2. The van der Waals surface area contributed by atoms with Crippen molar-refractivity contribution in [2.45, 2.75) is 0 Å². The fourth-order valence-corrected chi connectivity index (χ4v) is 2.39. The normalized spacial score (nSPS) is 15.4. The van der Waals surface area contributed by atoms with Crippen LogP contribution in [0.15, 0.2) is 36.8 Å². The van der Waals surface area contributed by atoms with Crippen LogP contribution in [0.25, 0.3) is 0 Å². The predicted molar refractivity (Wildman–Crippen MR) is 75.6 cm³/mol. The summed E-state index contributed by atoms with van der Waals surface area (Å²) >= 11 is 0. The maximum atomic E-state index is 12.3. The third-order valence-corrected chi connectivity index (χ3v) is 3.49. The molecule has 0 spiro atoms. The van der Waals surface area contributed by atoms with Crippen molar-refractivity contribution in [2.75, 3.05) is 31.1 Å². The monoisotopic (exact) mass is 271 g/mol. The first-order chi connectivity index (χ1) is 9.74. The lowest BCUT2D eigenvalue weighted by atomic mass is 10.2. The number of anilines is 1. The molecular weight excluding hydrogens is 254 g/mol. The van der Waals surface area contributed by atoms with Gasteiger partial charge in [0.15, 0.2) is 0 Å². The van der Waals surface area contributed by atoms with Crippen LogP contribution in [0.1, 0.15) is 10.4 Å². The molecule has 3 rings (SSSR count). The Balaban J connectivity index is 1.63. The molecule has 0 unspecified atom stereocenters. The quantitative estimate of drug-likeness (QED) is 0.810. The van der Waals surface area contributed by atoms with Crippen LogP contribution in [0.2, 0.25) is 0 Å². The number of carbonyl (C=O) groups is 1. The first-order valence-corrected chi connectivity index (χ1v) is 6.68. The maximum absolute atomic E-state index is 12.3. The number of aromatic nitrogens is 3. The van der Waals surface area contributed by atoms with Gasteiger partial charge in [0.1, 0.15) is 5.82 Å². The van der Waals surface area contributed by atoms with Crippen molar-refractivity contribution in [3.63, 3.8) is 0 Å². The highest BCUT2D eigenvalue weighted by Gasteiger charge is 2.23. The summed E-state index contributed by atoms with van der Waals surface area (Å²) in [7, 11) is 1.82. The van der Waals surface area contributed by atoms with Gasteiger partial charge in [0, 0.05) is 45.6 Å². The molecule has 1 aliphatic rings. The van der Waals surface area contributed by atoms with E-state index in [4.69, 9.17) is 0 Å². The molecule has 2 aromatic rings. The smallest absolute Gasteiger partial charge is 0.257 e. The fourth-order valence-electron chi connectivity index (χ4n) is 2.39. The summed E-state index contributed by atoms with van der Waals surface area (Å²) in [6.45, 7) is 3.04. The van der Waals surface area contributed by atoms with Crippen LogP contribution in [-0.4, -0.2) is 51.8 Å². The average molecular weight is 271 g/mol. The number of carbonyl (C=O) groups excluding carboxylic acids is 1. The van der Waals surface area contributed by atoms with E-state index in [0.29, 0.717) is 18.7 Å². The fraction of sp³-hybridized carbons (Fsp3) is 0.357. The number of amides is 1. The van der Waals surface area contributed by atoms with Gasteiger partial charge in [-0.15, -0.1) is 0 Å². The Bertz CT molecular complexity index is 587. The molecule has 0 radical (unpaired) electrons. The molecule has 0 atom stereocenters. The summed E-state index contributed by atoms with van der Waals surface area (Å²) < 4.78 is 1.65. The van der Waals surface area contributed by atoms with E-state index in [9.17, 15) is 4.79 Å². The summed E-state index contributed by atoms with van der Waals surface area (Å²) in [6, 6.07) is 5.89. The van der Waals surface area contributed by atoms with Crippen LogP contribution in [0, 0.1) is 0 Å². The first-order valence-electron chi connectivity index (χ1n) is 6.68. The zero-order chi connectivity index (χ0) is 13.9. The SMILES string of the molecule is Cn1cc(C(=O)N2CCN(c3ccccn3)CC2)cn1. The minimum atomic E-state index is 0.0544. The predicted octanol–water partition coefficient (Wildman–Crippen LogP) is 0.778. The Labute approximate surface area is 117 Å². The van der Waals surface area contributed by atoms with Gasteiger partial charge in [-0.1, -0.05) is 6.07 Å². The largest absolute Gasteiger partial charge is 0.353 e. The average Bonchev–Trinajstić information content (AvgIpc) is 2.94. The number of nitrogens with zero attached hydrogens (tertiary/aromatic N) is 5. The van der Waals surface area contributed by atoms with Crippen molar-refractivity contribution in [1.29, 1.82) is 0 Å². The molecule has 0 aromatic carbocycles. The van der Waals surface area contributed by atoms with Gasteiger partial charge in [0.2, 0.25) is 0 Å². The Hall–Kier alpha value is -2.37. The van der Waals surface area contributed by atoms with Crippen molar-refractivity contribution in [2.24, 2.45) is 7.05 Å². The highest BCUT2D eigenvalue weighted by molar-refractivity contribution is 5.93. The number of aryl methyl sites for hydroxylation is 1. The van der Waals surface area contributed by atoms with Crippen molar-refractivity contribution in [3.05, 3.63) is 42.4 Å². The summed E-state index contributed by atoms with van der Waals surface area (Å²) in [5.74, 6) is 1.03. The molecule has 2 aromatic heterocycles. The topological polar surface area (TPSA) is 54.3 Å². The van der Waals surface area contributed by atoms with Crippen molar-refractivity contribution in [3.8, 4) is 0 Å². The standard InChI is InChI=1S/C14H17N5O/c1-17-11-12(10-16-17)14(20)19-8-6-18(7-9-19)13-4-2-3-5-15-13/h2-5,10-11H,6-9H2,1H3. The molecular formula is C14H17N5O. The molecule has 104 valence electrons. The van der Waals surface area contributed by atoms with Crippen molar-refractivity contribution < 1.29 is 4.79 Å². The number of hydrogen-bond donors (Lipinski definition) is 0. The number of pyridine rings is 1. The van der Waals surface area contributed by atoms with Crippen LogP contribution in [0.3, 0.4) is 0 Å². The van der Waals surface area contributed by atoms with Gasteiger partial charge in [0.05, 0.1) is 11.8 Å². The second-order valence-corrected chi connectivity index (χ2v) is 4.87. The molecule has 6 nitrogen and oxygen atoms in total. The molecule has 1 fully saturated rings. The highest BCUT2D eigenvalue weighted by atomic mass is 16.2. The van der Waals surface area contributed by atoms with Gasteiger partial charge in [0.25, 0.3) is 5.91 Å². The Morgan fingerprint density at radius 2 is 2.00 bits per heavy atom. The van der Waals surface area contributed by atoms with E-state index in [2.05, 4.69) is 15.0 Å². The van der Waals surface area contributed by atoms with E-state index in [-0.39, 0.29) is 5.91 Å². The second-order valence-electron chi connectivity index (χ2n) is 4.87. The summed E-state index contributed by atoms with van der Waals surface area (Å²) in [4.78, 5) is 20.7. The molecule has 20 heavy (non-hydrogen) atoms. The lowest BCUT2D eigenvalue weighted by Gasteiger charge is -2.35. The third kappa shape index (κ3) is 2.49. The van der Waals surface area contributed by atoms with Crippen LogP contribution in [0.5, 0.6) is 0 Å². The summed E-state index contributed by atoms with van der Waals surface area (Å²) in [5.41, 5.74) is 0.652. The zero-order valence-corrected chi connectivity index (χ0v) is 11.4. The van der Waals surface area contributed by atoms with Crippen molar-refractivity contribution >= 4 is 11.7 Å². The number of piperazine rings is 1. The molecule has 0 bridgehead atoms. The van der Waals surface area contributed by atoms with E-state index in [1.165, 1.54) is 0 Å². The molecule has 1 amide bonds. The van der Waals surface area contributed by atoms with Crippen molar-refractivity contribution in [1.82, 2.24) is 19.7 Å². The van der Waals surface area contributed by atoms with E-state index in [0.717, 1.165) is 18.9 Å². The molecule has 3 heterocycles. The Kier molecular flexibility index (Phi) is 3.37. The third-order valence-electron chi connectivity index (χ3n) is 3.49. The highest BCUT2D eigenvalue weighted by Crippen LogP contribution is 2.14. The molecule has 6 heteroatoms. The lowest BCUT2D eigenvalue weighted by molar-refractivity contribution is 0.0746. The van der Waals surface area contributed by atoms with Crippen LogP contribution < -0.4 is 4.90 Å². The Morgan fingerprint density at radius 3 is 2.60 bits per heavy atom. The zero-order valence-electron chi connectivity index (χ0n) is 11.4. The van der Waals surface area contributed by atoms with Crippen LogP contribution >= 0.6 is 0 Å². The minimum Gasteiger partial charge on any atom is -0.353 e. The second kappa shape index (κ2) is 5.32. The maximum Gasteiger partial charge on any atom is 0.257 e. The van der Waals surface area contributed by atoms with E-state index >= 15 is 0 Å². The molecule has 0 N–H and O–H groups in total. The van der Waals surface area contributed by atoms with Crippen LogP contribution in [-0.2, 0) is 7.05 Å². The molecule has 0 aliphatic carbocycles. The lowest BCUT2D eigenvalue weighted by Crippen LogP contribution is -2.49. The molecule has 1 saturated heterocycles. The summed E-state index contributed by atoms with van der Waals surface area (Å²) in [5, 5.41) is 4.04. The van der Waals surface area contributed by atoms with Crippen LogP contribution in [0.4, 0.5) is 5.82 Å². The van der Waals surface area contributed by atoms with E-state index in [1.54, 1.807) is 23.3 Å². The Morgan fingerprint density at radius 1 is 1.20 bits per heavy atom. The van der Waals surface area contributed by atoms with Gasteiger partial charge < -0.3 is 9.80 Å². The van der Waals surface area contributed by atoms with Gasteiger partial charge >= 0.3 is 0 Å². The van der Waals surface area contributed by atoms with E-state index < -0.39 is 0 Å². The van der Waals surface area contributed by atoms with Gasteiger partial charge in [-0.3, -0.25) is 9.48 Å². The molecule has 1 aliphatic heterocycles. The summed E-state index contributed by atoms with van der Waals surface area (Å²) in [6.07, 6.45) is 5.17. The minimum absolute atomic E-state index is 0.0544. The number of hydrogen-bond acceptors (Lipinski definition) is 4. The van der Waals surface area contributed by atoms with Gasteiger partial charge in [-0.2, -0.15) is 5.10 Å². The molecule has 0 saturated carbocycles. The van der Waals surface area contributed by atoms with Gasteiger partial charge in [-0.25, -0.2) is 4.98 Å². The first kappa shape index (κ1) is 12.7.